The van der Waals surface area contributed by atoms with Gasteiger partial charge in [-0.1, -0.05) is 0 Å². The highest BCUT2D eigenvalue weighted by Gasteiger charge is 2.16. The molecule has 8 nitrogen and oxygen atoms in total. The van der Waals surface area contributed by atoms with E-state index < -0.39 is 10.9 Å². The molecule has 0 spiro atoms. The molecule has 2 rings (SSSR count). The Bertz CT molecular complexity index is 592. The predicted octanol–water partition coefficient (Wildman–Crippen LogP) is 0.874. The van der Waals surface area contributed by atoms with E-state index in [1.807, 2.05) is 0 Å². The molecule has 0 aliphatic heterocycles. The van der Waals surface area contributed by atoms with Gasteiger partial charge in [-0.05, 0) is 16.0 Å². The van der Waals surface area contributed by atoms with Crippen molar-refractivity contribution in [2.45, 2.75) is 0 Å². The van der Waals surface area contributed by atoms with E-state index in [1.165, 1.54) is 29.4 Å². The number of carboxylic acid groups (broad SMARTS) is 1. The minimum atomic E-state index is -1.14. The molecule has 0 aliphatic carbocycles. The van der Waals surface area contributed by atoms with Gasteiger partial charge in [-0.15, -0.1) is 0 Å². The number of aromatic nitrogens is 3. The van der Waals surface area contributed by atoms with Crippen LogP contribution in [0.2, 0.25) is 0 Å². The lowest BCUT2D eigenvalue weighted by atomic mass is 10.2. The zero-order valence-electron chi connectivity index (χ0n) is 8.35. The second-order valence-electron chi connectivity index (χ2n) is 3.09. The molecule has 0 aromatic carbocycles. The molecule has 0 saturated carbocycles. The molecule has 1 N–H and O–H groups in total. The van der Waals surface area contributed by atoms with Crippen LogP contribution in [0.15, 0.2) is 31.0 Å². The van der Waals surface area contributed by atoms with Crippen molar-refractivity contribution in [2.75, 3.05) is 0 Å². The number of aromatic carboxylic acids is 1. The second kappa shape index (κ2) is 4.00. The summed E-state index contributed by atoms with van der Waals surface area (Å²) >= 11 is 0. The zero-order chi connectivity index (χ0) is 12.4. The highest BCUT2D eigenvalue weighted by molar-refractivity contribution is 5.91. The molecule has 17 heavy (non-hydrogen) atoms. The first-order valence-corrected chi connectivity index (χ1v) is 4.45. The van der Waals surface area contributed by atoms with Gasteiger partial charge in [-0.3, -0.25) is 9.55 Å². The summed E-state index contributed by atoms with van der Waals surface area (Å²) in [6, 6.07) is 1.31. The number of nitrogens with zero attached hydrogens (tertiary/aromatic N) is 4. The van der Waals surface area contributed by atoms with E-state index in [0.29, 0.717) is 0 Å². The maximum atomic E-state index is 10.9. The van der Waals surface area contributed by atoms with Crippen molar-refractivity contribution in [3.05, 3.63) is 46.7 Å². The van der Waals surface area contributed by atoms with Crippen molar-refractivity contribution in [1.82, 2.24) is 14.5 Å². The van der Waals surface area contributed by atoms with Crippen molar-refractivity contribution in [3.8, 4) is 5.69 Å². The Morgan fingerprint density at radius 3 is 2.88 bits per heavy atom. The summed E-state index contributed by atoms with van der Waals surface area (Å²) in [5.41, 5.74) is 0.216. The first kappa shape index (κ1) is 10.7. The summed E-state index contributed by atoms with van der Waals surface area (Å²) in [7, 11) is 0. The lowest BCUT2D eigenvalue weighted by molar-refractivity contribution is -0.389. The normalized spacial score (nSPS) is 10.1. The fourth-order valence-electron chi connectivity index (χ4n) is 1.31. The number of carboxylic acids is 1. The van der Waals surface area contributed by atoms with E-state index >= 15 is 0 Å². The third kappa shape index (κ3) is 1.95. The van der Waals surface area contributed by atoms with Crippen LogP contribution in [0.3, 0.4) is 0 Å². The smallest absolute Gasteiger partial charge is 0.381 e. The highest BCUT2D eigenvalue weighted by Crippen LogP contribution is 2.16. The Balaban J connectivity index is 2.52. The molecular formula is C9H6N4O4. The maximum Gasteiger partial charge on any atom is 0.381 e. The third-order valence-electron chi connectivity index (χ3n) is 2.06. The molecule has 0 unspecified atom stereocenters. The van der Waals surface area contributed by atoms with Crippen molar-refractivity contribution >= 4 is 11.8 Å². The van der Waals surface area contributed by atoms with Crippen LogP contribution < -0.4 is 0 Å². The van der Waals surface area contributed by atoms with Gasteiger partial charge in [0.1, 0.15) is 6.20 Å². The molecule has 0 bridgehead atoms. The average Bonchev–Trinajstić information content (AvgIpc) is 2.78. The van der Waals surface area contributed by atoms with E-state index in [-0.39, 0.29) is 17.1 Å². The van der Waals surface area contributed by atoms with Gasteiger partial charge in [0.25, 0.3) is 0 Å². The summed E-state index contributed by atoms with van der Waals surface area (Å²) < 4.78 is 1.24. The summed E-state index contributed by atoms with van der Waals surface area (Å²) in [6.45, 7) is 0. The molecule has 0 amide bonds. The van der Waals surface area contributed by atoms with Crippen LogP contribution in [0.25, 0.3) is 5.69 Å². The molecule has 86 valence electrons. The Hall–Kier alpha value is -2.77. The first-order chi connectivity index (χ1) is 8.09. The highest BCUT2D eigenvalue weighted by atomic mass is 16.6. The van der Waals surface area contributed by atoms with Gasteiger partial charge in [-0.2, -0.15) is 0 Å². The summed E-state index contributed by atoms with van der Waals surface area (Å²) in [5, 5.41) is 19.4. The number of carbonyl (C=O) groups is 1. The molecule has 0 fully saturated rings. The van der Waals surface area contributed by atoms with Crippen LogP contribution in [0.4, 0.5) is 5.82 Å². The molecule has 0 radical (unpaired) electrons. The fourth-order valence-corrected chi connectivity index (χ4v) is 1.31. The fraction of sp³-hybridized carbons (Fsp3) is 0. The van der Waals surface area contributed by atoms with Crippen LogP contribution in [0, 0.1) is 10.1 Å². The lowest BCUT2D eigenvalue weighted by Gasteiger charge is -2.03. The number of hydrogen-bond acceptors (Lipinski definition) is 5. The Kier molecular flexibility index (Phi) is 2.53. The van der Waals surface area contributed by atoms with E-state index in [2.05, 4.69) is 9.97 Å². The molecule has 0 saturated heterocycles. The minimum Gasteiger partial charge on any atom is -0.478 e. The van der Waals surface area contributed by atoms with Crippen LogP contribution in [0.1, 0.15) is 10.4 Å². The number of hydrogen-bond donors (Lipinski definition) is 1. The quantitative estimate of drug-likeness (QED) is 0.623. The molecule has 0 atom stereocenters. The largest absolute Gasteiger partial charge is 0.478 e. The van der Waals surface area contributed by atoms with E-state index in [9.17, 15) is 14.9 Å². The zero-order valence-corrected chi connectivity index (χ0v) is 8.35. The minimum absolute atomic E-state index is 0.00713. The van der Waals surface area contributed by atoms with Gasteiger partial charge in [-0.25, -0.2) is 4.79 Å². The van der Waals surface area contributed by atoms with Crippen LogP contribution >= 0.6 is 0 Å². The van der Waals surface area contributed by atoms with Crippen LogP contribution in [0.5, 0.6) is 0 Å². The summed E-state index contributed by atoms with van der Waals surface area (Å²) in [6.07, 6.45) is 4.93. The van der Waals surface area contributed by atoms with E-state index in [1.54, 1.807) is 0 Å². The lowest BCUT2D eigenvalue weighted by Crippen LogP contribution is -2.04. The summed E-state index contributed by atoms with van der Waals surface area (Å²) in [5.74, 6) is -1.50. The molecular weight excluding hydrogens is 228 g/mol. The number of rotatable bonds is 3. The SMILES string of the molecule is O=C(O)c1ccncc1-n1cnc([N+](=O)[O-])c1. The van der Waals surface area contributed by atoms with E-state index in [4.69, 9.17) is 5.11 Å². The molecule has 2 aromatic heterocycles. The number of nitro groups is 1. The number of imidazole rings is 1. The van der Waals surface area contributed by atoms with Crippen molar-refractivity contribution in [3.63, 3.8) is 0 Å². The van der Waals surface area contributed by atoms with Crippen LogP contribution in [-0.2, 0) is 0 Å². The molecule has 8 heteroatoms. The first-order valence-electron chi connectivity index (χ1n) is 4.45. The predicted molar refractivity (Wildman–Crippen MR) is 55.0 cm³/mol. The molecule has 2 heterocycles. The standard InChI is InChI=1S/C9H6N4O4/c14-9(15)6-1-2-10-3-7(6)12-4-8(11-5-12)13(16)17/h1-5H,(H,14,15). The van der Waals surface area contributed by atoms with Gasteiger partial charge in [0.15, 0.2) is 0 Å². The van der Waals surface area contributed by atoms with Crippen molar-refractivity contribution < 1.29 is 14.8 Å². The van der Waals surface area contributed by atoms with Gasteiger partial charge in [0.05, 0.1) is 17.4 Å². The van der Waals surface area contributed by atoms with Crippen molar-refractivity contribution in [2.24, 2.45) is 0 Å². The maximum absolute atomic E-state index is 10.9. The number of pyridine rings is 1. The van der Waals surface area contributed by atoms with Crippen molar-refractivity contribution in [1.29, 1.82) is 0 Å². The Morgan fingerprint density at radius 1 is 1.53 bits per heavy atom. The Labute approximate surface area is 94.3 Å². The Morgan fingerprint density at radius 2 is 2.29 bits per heavy atom. The second-order valence-corrected chi connectivity index (χ2v) is 3.09. The van der Waals surface area contributed by atoms with Gasteiger partial charge >= 0.3 is 11.8 Å². The van der Waals surface area contributed by atoms with Gasteiger partial charge in [0.2, 0.25) is 6.33 Å². The van der Waals surface area contributed by atoms with Gasteiger partial charge < -0.3 is 15.2 Å². The molecule has 2 aromatic rings. The summed E-state index contributed by atoms with van der Waals surface area (Å²) in [4.78, 5) is 28.1. The van der Waals surface area contributed by atoms with E-state index in [0.717, 1.165) is 6.20 Å². The topological polar surface area (TPSA) is 111 Å². The van der Waals surface area contributed by atoms with Gasteiger partial charge in [0, 0.05) is 6.20 Å². The molecule has 0 aliphatic rings. The van der Waals surface area contributed by atoms with Crippen LogP contribution in [-0.4, -0.2) is 30.5 Å². The monoisotopic (exact) mass is 234 g/mol. The third-order valence-corrected chi connectivity index (χ3v) is 2.06. The average molecular weight is 234 g/mol.